The molecule has 1 atom stereocenters. The second-order valence-electron chi connectivity index (χ2n) is 6.54. The SMILES string of the molecule is NC[C@H](Cc1ccccc1C(F)(F)F)NC(=O)c1coc(C2=CC=NC=CC2)c1. The third-order valence-electron chi connectivity index (χ3n) is 4.48. The zero-order valence-corrected chi connectivity index (χ0v) is 15.4. The van der Waals surface area contributed by atoms with Crippen LogP contribution in [0, 0.1) is 0 Å². The van der Waals surface area contributed by atoms with Gasteiger partial charge in [-0.05, 0) is 36.6 Å². The molecule has 152 valence electrons. The van der Waals surface area contributed by atoms with Crippen LogP contribution in [0.15, 0.2) is 64.4 Å². The van der Waals surface area contributed by atoms with Gasteiger partial charge in [0, 0.05) is 30.6 Å². The predicted octanol–water partition coefficient (Wildman–Crippen LogP) is 3.97. The molecule has 1 aliphatic heterocycles. The third kappa shape index (κ3) is 5.23. The smallest absolute Gasteiger partial charge is 0.416 e. The van der Waals surface area contributed by atoms with E-state index in [1.54, 1.807) is 24.6 Å². The first-order valence-corrected chi connectivity index (χ1v) is 9.00. The van der Waals surface area contributed by atoms with Crippen LogP contribution in [0.4, 0.5) is 13.2 Å². The number of hydrogen-bond donors (Lipinski definition) is 2. The summed E-state index contributed by atoms with van der Waals surface area (Å²) >= 11 is 0. The summed E-state index contributed by atoms with van der Waals surface area (Å²) in [6, 6.07) is 6.20. The van der Waals surface area contributed by atoms with Crippen molar-refractivity contribution in [3.05, 3.63) is 77.4 Å². The minimum atomic E-state index is -4.47. The summed E-state index contributed by atoms with van der Waals surface area (Å²) < 4.78 is 45.0. The highest BCUT2D eigenvalue weighted by Gasteiger charge is 2.33. The van der Waals surface area contributed by atoms with Crippen molar-refractivity contribution in [2.45, 2.75) is 25.1 Å². The lowest BCUT2D eigenvalue weighted by atomic mass is 9.99. The maximum atomic E-state index is 13.2. The van der Waals surface area contributed by atoms with Gasteiger partial charge in [0.1, 0.15) is 12.0 Å². The predicted molar refractivity (Wildman–Crippen MR) is 104 cm³/mol. The van der Waals surface area contributed by atoms with Crippen LogP contribution in [0.25, 0.3) is 5.57 Å². The van der Waals surface area contributed by atoms with Crippen molar-refractivity contribution in [2.75, 3.05) is 6.54 Å². The number of hydrogen-bond acceptors (Lipinski definition) is 4. The molecule has 0 spiro atoms. The topological polar surface area (TPSA) is 80.6 Å². The fourth-order valence-electron chi connectivity index (χ4n) is 3.00. The number of nitrogens with zero attached hydrogens (tertiary/aromatic N) is 1. The number of alkyl halides is 3. The Morgan fingerprint density at radius 1 is 1.31 bits per heavy atom. The van der Waals surface area contributed by atoms with Gasteiger partial charge >= 0.3 is 6.18 Å². The second kappa shape index (κ2) is 8.91. The fourth-order valence-corrected chi connectivity index (χ4v) is 3.00. The Morgan fingerprint density at radius 2 is 2.10 bits per heavy atom. The summed E-state index contributed by atoms with van der Waals surface area (Å²) in [6.45, 7) is -0.00491. The molecule has 1 aromatic carbocycles. The standard InChI is InChI=1S/C21H20F3N3O2/c22-21(23,24)18-6-2-1-4-15(18)10-17(12-25)27-20(28)16-11-19(29-13-16)14-5-3-8-26-9-7-14/h1-4,6-9,11,13,17H,5,10,12,25H2,(H,27,28)/t17-/m0/s1. The Balaban J connectivity index is 1.71. The number of carbonyl (C=O) groups excluding carboxylic acids is 1. The molecule has 2 aromatic rings. The largest absolute Gasteiger partial charge is 0.464 e. The molecule has 0 aliphatic carbocycles. The van der Waals surface area contributed by atoms with Crippen LogP contribution in [0.2, 0.25) is 0 Å². The van der Waals surface area contributed by atoms with E-state index < -0.39 is 23.7 Å². The lowest BCUT2D eigenvalue weighted by Crippen LogP contribution is -2.42. The number of aliphatic imine (C=N–C) groups is 1. The molecule has 0 unspecified atom stereocenters. The van der Waals surface area contributed by atoms with Crippen molar-refractivity contribution in [1.29, 1.82) is 0 Å². The van der Waals surface area contributed by atoms with Crippen molar-refractivity contribution < 1.29 is 22.4 Å². The molecule has 2 heterocycles. The van der Waals surface area contributed by atoms with Crippen LogP contribution in [-0.2, 0) is 12.6 Å². The summed E-state index contributed by atoms with van der Waals surface area (Å²) in [5, 5.41) is 2.69. The molecule has 5 nitrogen and oxygen atoms in total. The summed E-state index contributed by atoms with van der Waals surface area (Å²) in [5.74, 6) is 0.0678. The first-order chi connectivity index (χ1) is 13.9. The van der Waals surface area contributed by atoms with Crippen molar-refractivity contribution in [1.82, 2.24) is 5.32 Å². The van der Waals surface area contributed by atoms with Crippen LogP contribution in [0.1, 0.15) is 33.7 Å². The second-order valence-corrected chi connectivity index (χ2v) is 6.54. The van der Waals surface area contributed by atoms with Gasteiger partial charge in [0.15, 0.2) is 0 Å². The number of nitrogens with two attached hydrogens (primary N) is 1. The summed E-state index contributed by atoms with van der Waals surface area (Å²) in [7, 11) is 0. The number of halogens is 3. The highest BCUT2D eigenvalue weighted by molar-refractivity contribution is 5.95. The minimum Gasteiger partial charge on any atom is -0.464 e. The molecule has 29 heavy (non-hydrogen) atoms. The first kappa shape index (κ1) is 20.6. The number of amides is 1. The van der Waals surface area contributed by atoms with Crippen molar-refractivity contribution in [3.8, 4) is 0 Å². The average Bonchev–Trinajstić information content (AvgIpc) is 3.03. The Kier molecular flexibility index (Phi) is 6.33. The van der Waals surface area contributed by atoms with Gasteiger partial charge in [-0.15, -0.1) is 0 Å². The number of allylic oxidation sites excluding steroid dienone is 3. The highest BCUT2D eigenvalue weighted by Crippen LogP contribution is 2.32. The number of benzene rings is 1. The molecule has 0 radical (unpaired) electrons. The molecule has 1 amide bonds. The lowest BCUT2D eigenvalue weighted by Gasteiger charge is -2.19. The molecule has 3 rings (SSSR count). The van der Waals surface area contributed by atoms with Gasteiger partial charge < -0.3 is 15.5 Å². The molecular weight excluding hydrogens is 383 g/mol. The number of nitrogens with one attached hydrogen (secondary N) is 1. The van der Waals surface area contributed by atoms with Gasteiger partial charge in [-0.25, -0.2) is 0 Å². The molecule has 0 fully saturated rings. The Bertz CT molecular complexity index is 958. The van der Waals surface area contributed by atoms with E-state index in [9.17, 15) is 18.0 Å². The van der Waals surface area contributed by atoms with Gasteiger partial charge in [0.2, 0.25) is 0 Å². The zero-order chi connectivity index (χ0) is 20.9. The number of carbonyl (C=O) groups is 1. The molecular formula is C21H20F3N3O2. The van der Waals surface area contributed by atoms with E-state index in [1.807, 2.05) is 6.08 Å². The normalized spacial score (nSPS) is 15.0. The van der Waals surface area contributed by atoms with Crippen molar-refractivity contribution >= 4 is 17.7 Å². The van der Waals surface area contributed by atoms with E-state index >= 15 is 0 Å². The number of furan rings is 1. The lowest BCUT2D eigenvalue weighted by molar-refractivity contribution is -0.138. The highest BCUT2D eigenvalue weighted by atomic mass is 19.4. The summed E-state index contributed by atoms with van der Waals surface area (Å²) in [5.41, 5.74) is 6.18. The van der Waals surface area contributed by atoms with Gasteiger partial charge in [0.05, 0.1) is 11.1 Å². The molecule has 0 bridgehead atoms. The van der Waals surface area contributed by atoms with Gasteiger partial charge in [-0.1, -0.05) is 24.3 Å². The van der Waals surface area contributed by atoms with Crippen molar-refractivity contribution in [2.24, 2.45) is 10.7 Å². The van der Waals surface area contributed by atoms with E-state index in [-0.39, 0.29) is 24.1 Å². The number of rotatable bonds is 6. The van der Waals surface area contributed by atoms with Crippen LogP contribution in [-0.4, -0.2) is 24.7 Å². The molecule has 1 aromatic heterocycles. The van der Waals surface area contributed by atoms with E-state index in [2.05, 4.69) is 10.3 Å². The zero-order valence-electron chi connectivity index (χ0n) is 15.4. The van der Waals surface area contributed by atoms with Crippen LogP contribution < -0.4 is 11.1 Å². The van der Waals surface area contributed by atoms with Gasteiger partial charge in [0.25, 0.3) is 5.91 Å². The monoisotopic (exact) mass is 403 g/mol. The minimum absolute atomic E-state index is 0.00491. The molecule has 0 saturated carbocycles. The van der Waals surface area contributed by atoms with E-state index in [4.69, 9.17) is 10.2 Å². The Labute approximate surface area is 165 Å². The quantitative estimate of drug-likeness (QED) is 0.766. The molecule has 3 N–H and O–H groups in total. The van der Waals surface area contributed by atoms with Gasteiger partial charge in [-0.3, -0.25) is 9.79 Å². The Morgan fingerprint density at radius 3 is 2.86 bits per heavy atom. The molecule has 0 saturated heterocycles. The van der Waals surface area contributed by atoms with Crippen molar-refractivity contribution in [3.63, 3.8) is 0 Å². The van der Waals surface area contributed by atoms with Crippen LogP contribution >= 0.6 is 0 Å². The Hall–Kier alpha value is -3.13. The maximum Gasteiger partial charge on any atom is 0.416 e. The van der Waals surface area contributed by atoms with E-state index in [0.717, 1.165) is 11.6 Å². The molecule has 1 aliphatic rings. The first-order valence-electron chi connectivity index (χ1n) is 9.00. The fraction of sp³-hybridized carbons (Fsp3) is 0.238. The summed E-state index contributed by atoms with van der Waals surface area (Å²) in [6.07, 6.45) is 4.37. The van der Waals surface area contributed by atoms with Crippen LogP contribution in [0.3, 0.4) is 0 Å². The third-order valence-corrected chi connectivity index (χ3v) is 4.48. The maximum absolute atomic E-state index is 13.2. The molecule has 8 heteroatoms. The van der Waals surface area contributed by atoms with Gasteiger partial charge in [-0.2, -0.15) is 13.2 Å². The van der Waals surface area contributed by atoms with Crippen LogP contribution in [0.5, 0.6) is 0 Å². The average molecular weight is 403 g/mol. The van der Waals surface area contributed by atoms with E-state index in [1.165, 1.54) is 24.5 Å². The van der Waals surface area contributed by atoms with E-state index in [0.29, 0.717) is 12.2 Å². The summed E-state index contributed by atoms with van der Waals surface area (Å²) in [4.78, 5) is 16.5.